The largest absolute Gasteiger partial charge is 0.294 e. The summed E-state index contributed by atoms with van der Waals surface area (Å²) in [6.45, 7) is 2.86. The minimum atomic E-state index is 0.149. The summed E-state index contributed by atoms with van der Waals surface area (Å²) in [5.74, 6) is 0.149. The number of hydrogen-bond acceptors (Lipinski definition) is 3. The van der Waals surface area contributed by atoms with Gasteiger partial charge in [0.15, 0.2) is 5.78 Å². The van der Waals surface area contributed by atoms with Gasteiger partial charge in [-0.25, -0.2) is 0 Å². The van der Waals surface area contributed by atoms with Crippen molar-refractivity contribution in [1.82, 2.24) is 9.78 Å². The van der Waals surface area contributed by atoms with Crippen molar-refractivity contribution < 1.29 is 4.79 Å². The van der Waals surface area contributed by atoms with E-state index in [-0.39, 0.29) is 5.78 Å². The first-order valence-electron chi connectivity index (χ1n) is 5.92. The van der Waals surface area contributed by atoms with Crippen molar-refractivity contribution in [1.29, 1.82) is 0 Å². The molecular weight excluding hydrogens is 244 g/mol. The first-order chi connectivity index (χ1) is 8.74. The second-order valence-electron chi connectivity index (χ2n) is 4.00. The van der Waals surface area contributed by atoms with Crippen LogP contribution in [0.3, 0.4) is 0 Å². The van der Waals surface area contributed by atoms with Crippen molar-refractivity contribution in [3.8, 4) is 0 Å². The highest BCUT2D eigenvalue weighted by molar-refractivity contribution is 7.98. The van der Waals surface area contributed by atoms with Crippen molar-refractivity contribution >= 4 is 17.5 Å². The minimum absolute atomic E-state index is 0.149. The third-order valence-electron chi connectivity index (χ3n) is 2.78. The molecule has 1 aromatic heterocycles. The normalized spacial score (nSPS) is 10.6. The van der Waals surface area contributed by atoms with Crippen LogP contribution in [0.25, 0.3) is 0 Å². The summed E-state index contributed by atoms with van der Waals surface area (Å²) in [6, 6.07) is 7.73. The SMILES string of the molecule is CCn1cc(CC(=O)c2ccccc2SC)cn1. The highest BCUT2D eigenvalue weighted by Gasteiger charge is 2.12. The zero-order valence-corrected chi connectivity index (χ0v) is 11.4. The maximum Gasteiger partial charge on any atom is 0.168 e. The number of aryl methyl sites for hydroxylation is 1. The summed E-state index contributed by atoms with van der Waals surface area (Å²) in [5.41, 5.74) is 1.77. The molecule has 18 heavy (non-hydrogen) atoms. The van der Waals surface area contributed by atoms with Crippen LogP contribution in [0.15, 0.2) is 41.6 Å². The number of aromatic nitrogens is 2. The van der Waals surface area contributed by atoms with Crippen LogP contribution in [0.4, 0.5) is 0 Å². The van der Waals surface area contributed by atoms with Crippen molar-refractivity contribution in [2.24, 2.45) is 0 Å². The van der Waals surface area contributed by atoms with Gasteiger partial charge in [0.2, 0.25) is 0 Å². The standard InChI is InChI=1S/C14H16N2OS/c1-3-16-10-11(9-15-16)8-13(17)12-6-4-5-7-14(12)18-2/h4-7,9-10H,3,8H2,1-2H3. The number of Topliss-reactive ketones (excluding diaryl/α,β-unsaturated/α-hetero) is 1. The van der Waals surface area contributed by atoms with Gasteiger partial charge in [0.05, 0.1) is 6.20 Å². The molecule has 0 radical (unpaired) electrons. The summed E-state index contributed by atoms with van der Waals surface area (Å²) in [4.78, 5) is 13.3. The number of nitrogens with zero attached hydrogens (tertiary/aromatic N) is 2. The Balaban J connectivity index is 2.16. The zero-order valence-electron chi connectivity index (χ0n) is 10.6. The summed E-state index contributed by atoms with van der Waals surface area (Å²) in [7, 11) is 0. The lowest BCUT2D eigenvalue weighted by atomic mass is 10.1. The lowest BCUT2D eigenvalue weighted by Crippen LogP contribution is -2.04. The van der Waals surface area contributed by atoms with Crippen molar-refractivity contribution in [3.63, 3.8) is 0 Å². The summed E-state index contributed by atoms with van der Waals surface area (Å²) < 4.78 is 1.84. The van der Waals surface area contributed by atoms with Crippen LogP contribution in [-0.2, 0) is 13.0 Å². The van der Waals surface area contributed by atoms with Gasteiger partial charge in [-0.3, -0.25) is 9.48 Å². The fourth-order valence-corrected chi connectivity index (χ4v) is 2.44. The van der Waals surface area contributed by atoms with Gasteiger partial charge in [-0.05, 0) is 24.8 Å². The number of carbonyl (C=O) groups is 1. The molecule has 0 N–H and O–H groups in total. The van der Waals surface area contributed by atoms with E-state index in [2.05, 4.69) is 5.10 Å². The van der Waals surface area contributed by atoms with E-state index in [9.17, 15) is 4.79 Å². The molecule has 0 amide bonds. The van der Waals surface area contributed by atoms with Crippen molar-refractivity contribution in [2.75, 3.05) is 6.26 Å². The molecule has 0 aliphatic carbocycles. The quantitative estimate of drug-likeness (QED) is 0.612. The number of benzene rings is 1. The third-order valence-corrected chi connectivity index (χ3v) is 3.58. The molecule has 0 saturated heterocycles. The number of rotatable bonds is 5. The van der Waals surface area contributed by atoms with Crippen LogP contribution < -0.4 is 0 Å². The van der Waals surface area contributed by atoms with Gasteiger partial charge in [0.1, 0.15) is 0 Å². The molecule has 3 nitrogen and oxygen atoms in total. The lowest BCUT2D eigenvalue weighted by molar-refractivity contribution is 0.0990. The van der Waals surface area contributed by atoms with Crippen molar-refractivity contribution in [2.45, 2.75) is 24.8 Å². The van der Waals surface area contributed by atoms with Gasteiger partial charge in [0, 0.05) is 29.6 Å². The molecule has 0 aliphatic rings. The van der Waals surface area contributed by atoms with E-state index >= 15 is 0 Å². The summed E-state index contributed by atoms with van der Waals surface area (Å²) >= 11 is 1.60. The van der Waals surface area contributed by atoms with Gasteiger partial charge in [-0.15, -0.1) is 11.8 Å². The Morgan fingerprint density at radius 1 is 1.39 bits per heavy atom. The van der Waals surface area contributed by atoms with Crippen LogP contribution >= 0.6 is 11.8 Å². The molecule has 0 saturated carbocycles. The Bertz CT molecular complexity index is 548. The van der Waals surface area contributed by atoms with Gasteiger partial charge in [-0.2, -0.15) is 5.10 Å². The maximum atomic E-state index is 12.2. The lowest BCUT2D eigenvalue weighted by Gasteiger charge is -2.04. The number of carbonyl (C=O) groups excluding carboxylic acids is 1. The number of thioether (sulfide) groups is 1. The maximum absolute atomic E-state index is 12.2. The summed E-state index contributed by atoms with van der Waals surface area (Å²) in [6.07, 6.45) is 6.10. The molecule has 0 atom stereocenters. The van der Waals surface area contributed by atoms with E-state index in [1.165, 1.54) is 0 Å². The molecule has 0 spiro atoms. The molecule has 94 valence electrons. The third kappa shape index (κ3) is 2.82. The van der Waals surface area contributed by atoms with E-state index in [4.69, 9.17) is 0 Å². The molecule has 2 rings (SSSR count). The Hall–Kier alpha value is -1.55. The molecule has 1 heterocycles. The monoisotopic (exact) mass is 260 g/mol. The first-order valence-corrected chi connectivity index (χ1v) is 7.14. The zero-order chi connectivity index (χ0) is 13.0. The van der Waals surface area contributed by atoms with Gasteiger partial charge < -0.3 is 0 Å². The van der Waals surface area contributed by atoms with E-state index in [1.54, 1.807) is 18.0 Å². The molecule has 0 unspecified atom stereocenters. The second-order valence-corrected chi connectivity index (χ2v) is 4.85. The van der Waals surface area contributed by atoms with E-state index in [1.807, 2.05) is 48.3 Å². The molecule has 4 heteroatoms. The van der Waals surface area contributed by atoms with Crippen LogP contribution in [0.1, 0.15) is 22.8 Å². The fraction of sp³-hybridized carbons (Fsp3) is 0.286. The first kappa shape index (κ1) is 12.9. The molecule has 2 aromatic rings. The highest BCUT2D eigenvalue weighted by atomic mass is 32.2. The number of ketones is 1. The predicted molar refractivity (Wildman–Crippen MR) is 74.2 cm³/mol. The summed E-state index contributed by atoms with van der Waals surface area (Å²) in [5, 5.41) is 4.18. The average molecular weight is 260 g/mol. The Kier molecular flexibility index (Phi) is 4.20. The Morgan fingerprint density at radius 3 is 2.83 bits per heavy atom. The van der Waals surface area contributed by atoms with E-state index in [0.717, 1.165) is 22.6 Å². The molecule has 0 fully saturated rings. The van der Waals surface area contributed by atoms with E-state index < -0.39 is 0 Å². The van der Waals surface area contributed by atoms with Crippen LogP contribution in [0.5, 0.6) is 0 Å². The van der Waals surface area contributed by atoms with Crippen molar-refractivity contribution in [3.05, 3.63) is 47.8 Å². The Labute approximate surface area is 111 Å². The van der Waals surface area contributed by atoms with Gasteiger partial charge in [0.25, 0.3) is 0 Å². The smallest absolute Gasteiger partial charge is 0.168 e. The van der Waals surface area contributed by atoms with Crippen LogP contribution in [0, 0.1) is 0 Å². The van der Waals surface area contributed by atoms with Crippen LogP contribution in [0.2, 0.25) is 0 Å². The molecule has 0 aliphatic heterocycles. The second kappa shape index (κ2) is 5.87. The van der Waals surface area contributed by atoms with Gasteiger partial charge >= 0.3 is 0 Å². The minimum Gasteiger partial charge on any atom is -0.294 e. The van der Waals surface area contributed by atoms with E-state index in [0.29, 0.717) is 6.42 Å². The topological polar surface area (TPSA) is 34.9 Å². The molecule has 0 bridgehead atoms. The fourth-order valence-electron chi connectivity index (χ4n) is 1.83. The highest BCUT2D eigenvalue weighted by Crippen LogP contribution is 2.21. The average Bonchev–Trinajstić information content (AvgIpc) is 2.86. The van der Waals surface area contributed by atoms with Gasteiger partial charge in [-0.1, -0.05) is 18.2 Å². The predicted octanol–water partition coefficient (Wildman–Crippen LogP) is 3.05. The van der Waals surface area contributed by atoms with Crippen LogP contribution in [-0.4, -0.2) is 21.8 Å². The number of hydrogen-bond donors (Lipinski definition) is 0. The Morgan fingerprint density at radius 2 is 2.17 bits per heavy atom. The molecule has 1 aromatic carbocycles. The molecular formula is C14H16N2OS.